The van der Waals surface area contributed by atoms with E-state index < -0.39 is 46.8 Å². The van der Waals surface area contributed by atoms with E-state index in [0.29, 0.717) is 33.9 Å². The summed E-state index contributed by atoms with van der Waals surface area (Å²) in [6.07, 6.45) is 2.49. The number of halogens is 1. The normalized spacial score (nSPS) is 27.8. The molecule has 4 amide bonds. The van der Waals surface area contributed by atoms with Crippen molar-refractivity contribution in [3.63, 3.8) is 0 Å². The van der Waals surface area contributed by atoms with Crippen LogP contribution in [0.2, 0.25) is 5.02 Å². The van der Waals surface area contributed by atoms with Crippen LogP contribution in [0, 0.1) is 23.7 Å². The Labute approximate surface area is 282 Å². The molecule has 0 radical (unpaired) electrons. The van der Waals surface area contributed by atoms with Crippen LogP contribution >= 0.6 is 11.6 Å². The summed E-state index contributed by atoms with van der Waals surface area (Å²) in [7, 11) is 1.46. The third-order valence-electron chi connectivity index (χ3n) is 10.7. The predicted octanol–water partition coefficient (Wildman–Crippen LogP) is 6.42. The number of phenols is 1. The summed E-state index contributed by atoms with van der Waals surface area (Å²) in [6.45, 7) is 0. The SMILES string of the molecule is COc1ccc(C2C3=CCC4C(=O)N(c5ccccc5)C(=O)C4C3CC3C(=O)N(c4cccc(Cl)c4)C(=O)C32c2ccccc2)cc1O. The van der Waals surface area contributed by atoms with Crippen molar-refractivity contribution in [2.45, 2.75) is 24.2 Å². The van der Waals surface area contributed by atoms with E-state index in [4.69, 9.17) is 16.3 Å². The van der Waals surface area contributed by atoms with Gasteiger partial charge in [0, 0.05) is 10.9 Å². The minimum Gasteiger partial charge on any atom is -0.504 e. The second-order valence-corrected chi connectivity index (χ2v) is 13.3. The molecule has 0 spiro atoms. The number of fused-ring (bicyclic) bond motifs is 4. The zero-order chi connectivity index (χ0) is 33.3. The average Bonchev–Trinajstić information content (AvgIpc) is 3.49. The van der Waals surface area contributed by atoms with Gasteiger partial charge in [-0.2, -0.15) is 0 Å². The number of hydrogen-bond acceptors (Lipinski definition) is 6. The van der Waals surface area contributed by atoms with Crippen molar-refractivity contribution >= 4 is 46.6 Å². The highest BCUT2D eigenvalue weighted by Gasteiger charge is 2.70. The number of anilines is 2. The quantitative estimate of drug-likeness (QED) is 0.196. The molecule has 240 valence electrons. The highest BCUT2D eigenvalue weighted by Crippen LogP contribution is 2.64. The van der Waals surface area contributed by atoms with Crippen molar-refractivity contribution in [1.29, 1.82) is 0 Å². The Morgan fingerprint density at radius 3 is 2.17 bits per heavy atom. The number of ether oxygens (including phenoxy) is 1. The largest absolute Gasteiger partial charge is 0.504 e. The van der Waals surface area contributed by atoms with E-state index in [1.54, 1.807) is 66.7 Å². The first kappa shape index (κ1) is 30.1. The van der Waals surface area contributed by atoms with E-state index >= 15 is 4.79 Å². The standard InChI is InChI=1S/C39H31ClN2O6/c1-48-32-18-15-22(19-31(32)43)34-27-16-17-28-33(37(46)41(35(28)44)25-12-6-3-7-13-25)29(27)21-30-36(45)42(26-14-8-11-24(40)20-26)38(47)39(30,34)23-9-4-2-5-10-23/h2-16,18-20,28-30,33-34,43H,17,21H2,1H3. The van der Waals surface area contributed by atoms with Crippen molar-refractivity contribution < 1.29 is 29.0 Å². The van der Waals surface area contributed by atoms with Gasteiger partial charge in [0.05, 0.1) is 41.7 Å². The third-order valence-corrected chi connectivity index (χ3v) is 11.0. The number of carbonyl (C=O) groups is 4. The number of hydrogen-bond donors (Lipinski definition) is 1. The van der Waals surface area contributed by atoms with Gasteiger partial charge in [-0.3, -0.25) is 24.1 Å². The predicted molar refractivity (Wildman–Crippen MR) is 180 cm³/mol. The van der Waals surface area contributed by atoms with Crippen LogP contribution in [0.4, 0.5) is 11.4 Å². The van der Waals surface area contributed by atoms with E-state index in [0.717, 1.165) is 5.57 Å². The monoisotopic (exact) mass is 658 g/mol. The van der Waals surface area contributed by atoms with Crippen molar-refractivity contribution in [3.05, 3.63) is 131 Å². The first-order valence-electron chi connectivity index (χ1n) is 16.0. The Morgan fingerprint density at radius 2 is 1.48 bits per heavy atom. The lowest BCUT2D eigenvalue weighted by molar-refractivity contribution is -0.127. The number of imide groups is 2. The molecule has 1 saturated carbocycles. The number of aromatic hydroxyl groups is 1. The van der Waals surface area contributed by atoms with Gasteiger partial charge >= 0.3 is 0 Å². The van der Waals surface area contributed by atoms with Crippen LogP contribution in [0.5, 0.6) is 11.5 Å². The van der Waals surface area contributed by atoms with Gasteiger partial charge in [0.25, 0.3) is 0 Å². The van der Waals surface area contributed by atoms with Crippen molar-refractivity contribution in [3.8, 4) is 11.5 Å². The summed E-state index contributed by atoms with van der Waals surface area (Å²) < 4.78 is 5.36. The topological polar surface area (TPSA) is 104 Å². The van der Waals surface area contributed by atoms with E-state index in [-0.39, 0.29) is 29.7 Å². The van der Waals surface area contributed by atoms with Gasteiger partial charge in [-0.1, -0.05) is 83.9 Å². The Morgan fingerprint density at radius 1 is 0.771 bits per heavy atom. The molecule has 2 heterocycles. The van der Waals surface area contributed by atoms with E-state index in [1.807, 2.05) is 42.5 Å². The summed E-state index contributed by atoms with van der Waals surface area (Å²) >= 11 is 6.38. The third kappa shape index (κ3) is 4.15. The summed E-state index contributed by atoms with van der Waals surface area (Å²) in [4.78, 5) is 60.8. The summed E-state index contributed by atoms with van der Waals surface area (Å²) in [5.41, 5.74) is 1.50. The molecular formula is C39H31ClN2O6. The first-order valence-corrected chi connectivity index (χ1v) is 16.3. The number of methoxy groups -OCH3 is 1. The summed E-state index contributed by atoms with van der Waals surface area (Å²) in [6, 6.07) is 29.9. The second kappa shape index (κ2) is 11.2. The second-order valence-electron chi connectivity index (χ2n) is 12.9. The molecule has 0 aromatic heterocycles. The zero-order valence-corrected chi connectivity index (χ0v) is 26.7. The van der Waals surface area contributed by atoms with Gasteiger partial charge in [0.1, 0.15) is 0 Å². The lowest BCUT2D eigenvalue weighted by Crippen LogP contribution is -2.53. The zero-order valence-electron chi connectivity index (χ0n) is 26.0. The van der Waals surface area contributed by atoms with Crippen molar-refractivity contribution in [2.24, 2.45) is 23.7 Å². The molecule has 2 aliphatic carbocycles. The molecule has 6 unspecified atom stereocenters. The minimum absolute atomic E-state index is 0.114. The molecule has 1 N–H and O–H groups in total. The van der Waals surface area contributed by atoms with Gasteiger partial charge < -0.3 is 9.84 Å². The molecule has 9 heteroatoms. The number of benzene rings is 4. The number of carbonyl (C=O) groups excluding carboxylic acids is 4. The van der Waals surface area contributed by atoms with Crippen LogP contribution in [-0.4, -0.2) is 35.8 Å². The van der Waals surface area contributed by atoms with E-state index in [1.165, 1.54) is 16.9 Å². The van der Waals surface area contributed by atoms with E-state index in [2.05, 4.69) is 0 Å². The van der Waals surface area contributed by atoms with Crippen LogP contribution in [0.25, 0.3) is 0 Å². The first-order chi connectivity index (χ1) is 23.3. The highest BCUT2D eigenvalue weighted by atomic mass is 35.5. The highest BCUT2D eigenvalue weighted by molar-refractivity contribution is 6.32. The maximum Gasteiger partial charge on any atom is 0.246 e. The van der Waals surface area contributed by atoms with Crippen LogP contribution in [0.1, 0.15) is 29.9 Å². The Bertz CT molecular complexity index is 2030. The van der Waals surface area contributed by atoms with Crippen LogP contribution in [0.15, 0.2) is 115 Å². The molecule has 2 saturated heterocycles. The Balaban J connectivity index is 1.36. The van der Waals surface area contributed by atoms with Crippen LogP contribution < -0.4 is 14.5 Å². The van der Waals surface area contributed by atoms with E-state index in [9.17, 15) is 19.5 Å². The lowest BCUT2D eigenvalue weighted by atomic mass is 9.49. The Kier molecular flexibility index (Phi) is 7.03. The fraction of sp³-hybridized carbons (Fsp3) is 0.231. The average molecular weight is 659 g/mol. The molecule has 0 bridgehead atoms. The van der Waals surface area contributed by atoms with Gasteiger partial charge in [-0.15, -0.1) is 0 Å². The molecule has 4 aliphatic rings. The molecular weight excluding hydrogens is 628 g/mol. The molecule has 3 fully saturated rings. The summed E-state index contributed by atoms with van der Waals surface area (Å²) in [5, 5.41) is 11.4. The fourth-order valence-corrected chi connectivity index (χ4v) is 9.02. The number of allylic oxidation sites excluding steroid dienone is 2. The maximum absolute atomic E-state index is 15.3. The van der Waals surface area contributed by atoms with Crippen molar-refractivity contribution in [2.75, 3.05) is 16.9 Å². The molecule has 8 rings (SSSR count). The van der Waals surface area contributed by atoms with Crippen molar-refractivity contribution in [1.82, 2.24) is 0 Å². The number of nitrogens with zero attached hydrogens (tertiary/aromatic N) is 2. The number of phenolic OH excluding ortho intramolecular Hbond substituents is 1. The molecule has 4 aromatic rings. The fourth-order valence-electron chi connectivity index (χ4n) is 8.84. The number of amides is 4. The van der Waals surface area contributed by atoms with Gasteiger partial charge in [0.2, 0.25) is 23.6 Å². The van der Waals surface area contributed by atoms with Gasteiger partial charge in [0.15, 0.2) is 11.5 Å². The molecule has 8 nitrogen and oxygen atoms in total. The molecule has 2 aliphatic heterocycles. The minimum atomic E-state index is -1.43. The number of rotatable bonds is 5. The van der Waals surface area contributed by atoms with Gasteiger partial charge in [-0.25, -0.2) is 4.90 Å². The molecule has 6 atom stereocenters. The Hall–Kier alpha value is -5.21. The maximum atomic E-state index is 15.3. The smallest absolute Gasteiger partial charge is 0.246 e. The lowest BCUT2D eigenvalue weighted by Gasteiger charge is -2.50. The summed E-state index contributed by atoms with van der Waals surface area (Å²) in [5.74, 6) is -4.71. The van der Waals surface area contributed by atoms with Gasteiger partial charge in [-0.05, 0) is 72.4 Å². The van der Waals surface area contributed by atoms with Crippen LogP contribution in [-0.2, 0) is 24.6 Å². The molecule has 4 aromatic carbocycles. The molecule has 48 heavy (non-hydrogen) atoms. The van der Waals surface area contributed by atoms with Crippen LogP contribution in [0.3, 0.4) is 0 Å². The number of para-hydroxylation sites is 1.